The van der Waals surface area contributed by atoms with E-state index in [4.69, 9.17) is 36.8 Å². The molecule has 6 heterocycles. The molecule has 0 radical (unpaired) electrons. The van der Waals surface area contributed by atoms with Gasteiger partial charge in [-0.05, 0) is 201 Å². The largest absolute Gasteiger partial charge is 0.481 e. The third-order valence-corrected chi connectivity index (χ3v) is 28.8. The summed E-state index contributed by atoms with van der Waals surface area (Å²) in [7, 11) is -5.62. The van der Waals surface area contributed by atoms with E-state index in [-0.39, 0.29) is 128 Å². The molecule has 10 rings (SSSR count). The van der Waals surface area contributed by atoms with Crippen LogP contribution in [0, 0.1) is 55.2 Å². The number of ether oxygens (including phenoxy) is 4. The number of nitriles is 1. The lowest BCUT2D eigenvalue weighted by molar-refractivity contribution is -0.384. The molecule has 0 spiro atoms. The van der Waals surface area contributed by atoms with Crippen LogP contribution in [0.1, 0.15) is 238 Å². The zero-order valence-electron chi connectivity index (χ0n) is 85.3. The van der Waals surface area contributed by atoms with Crippen LogP contribution in [-0.4, -0.2) is 251 Å². The summed E-state index contributed by atoms with van der Waals surface area (Å²) in [6.07, 6.45) is 0.981. The number of hydrogen-bond acceptors (Lipinski definition) is 33. The van der Waals surface area contributed by atoms with Crippen LogP contribution in [0.4, 0.5) is 77.0 Å². The number of carboxylic acids is 1. The second kappa shape index (κ2) is 59.0. The van der Waals surface area contributed by atoms with Gasteiger partial charge >= 0.3 is 42.2 Å². The van der Waals surface area contributed by atoms with Crippen LogP contribution in [-0.2, 0) is 85.3 Å². The van der Waals surface area contributed by atoms with E-state index in [2.05, 4.69) is 109 Å². The molecule has 0 saturated carbocycles. The maximum Gasteiger partial charge on any atom is 0.452 e. The molecule has 6 aromatic rings. The predicted molar refractivity (Wildman–Crippen MR) is 544 cm³/mol. The minimum atomic E-state index is -4.67. The van der Waals surface area contributed by atoms with E-state index < -0.39 is 60.0 Å². The fourth-order valence-electron chi connectivity index (χ4n) is 16.5. The molecule has 4 atom stereocenters. The van der Waals surface area contributed by atoms with Crippen molar-refractivity contribution in [3.63, 3.8) is 0 Å². The van der Waals surface area contributed by atoms with Crippen molar-refractivity contribution in [2.24, 2.45) is 23.7 Å². The van der Waals surface area contributed by atoms with Gasteiger partial charge in [0.05, 0.1) is 111 Å². The van der Waals surface area contributed by atoms with Crippen LogP contribution in [0.5, 0.6) is 0 Å². The van der Waals surface area contributed by atoms with Gasteiger partial charge in [0.2, 0.25) is 51.3 Å². The number of aromatic nitrogens is 4. The molecule has 5 N–H and O–H groups in total. The Morgan fingerprint density at radius 2 is 0.832 bits per heavy atom. The Morgan fingerprint density at radius 1 is 0.531 bits per heavy atom. The van der Waals surface area contributed by atoms with Crippen molar-refractivity contribution in [2.45, 2.75) is 241 Å². The standard InChI is InChI=1S/C23H32F3N5O4S2.C21H33N3O6S.C21H35N3O4S.C20H31N3O4.C4H8O2.C3ClF3N2S.C2H3N/c1-14(2)13-31(17-7-9-30(10-8-17)37(4,34)35)19-6-5-16(15(3)11-20(32)33)12-18(19)27-22-28-21(29-36-22)23(24,25)26;1-15(2)14-23(18-8-10-22(11-9-18)31(5,28)29)19-7-6-17(13-20(19)24(26)27)16(3)12-21(25)30-4;1-15(2)14-24(18-8-10-23(11-9-18)29(5,26)27)20-7-6-17(13-19(20)22)16(3)12-21(25)28-4;1-14(2)13-22(17-7-9-21-10-8-17)18-6-5-16(12-19(18)23(25)26)15(3)11-20(24)27-4;1-3-6-4(2)5;4-2-8-1(9-10-2)3(5,6)7;1-2-3/h5-6,12,14-15,17H,7-11,13H2,1-4H3,(H,32,33)(H,27,28,29);6-7,13,15-16,18H,8-12,14H2,1-5H3;6-7,13,15-16,18H,8-12,14,22H2,1-5H3;5-6,12,14-15,17,21H,7-11,13H2,1-4H3;3H2,1-2H3;;1H3/t15-;2*16-;15-;;;/m1111.../s1. The van der Waals surface area contributed by atoms with Gasteiger partial charge in [0, 0.05) is 127 Å². The summed E-state index contributed by atoms with van der Waals surface area (Å²) in [5.74, 6) is -3.79. The SMILES string of the molecule is CC#N.CC(C)CN(c1ccc([C@H](C)CC(=O)O)cc1Nc1nc(C(F)(F)F)ns1)C1CCN(S(C)(=O)=O)CC1.CCOC(C)=O.COC(=O)C[C@@H](C)c1ccc(N(CC(C)C)C2CCN(S(C)(=O)=O)CC2)c(N)c1.COC(=O)C[C@@H](C)c1ccc(N(CC(C)C)C2CCN(S(C)(=O)=O)CC2)c([N+](=O)[O-])c1.COC(=O)C[C@@H](C)c1ccc(N(CC(C)C)C2CCNCC2)c([N+](=O)[O-])c1.FC(F)(F)c1nsc(Cl)n1. The van der Waals surface area contributed by atoms with E-state index in [1.54, 1.807) is 48.5 Å². The lowest BCUT2D eigenvalue weighted by Crippen LogP contribution is -2.47. The Kier molecular flexibility index (Phi) is 51.7. The highest BCUT2D eigenvalue weighted by Crippen LogP contribution is 2.43. The average Bonchev–Trinajstić information content (AvgIpc) is 1.78. The highest BCUT2D eigenvalue weighted by Gasteiger charge is 2.40. The number of nitrogens with two attached hydrogens (primary N) is 1. The minimum absolute atomic E-state index is 0.000378. The second-order valence-electron chi connectivity index (χ2n) is 37.1. The van der Waals surface area contributed by atoms with Gasteiger partial charge in [0.1, 0.15) is 11.4 Å². The van der Waals surface area contributed by atoms with Crippen molar-refractivity contribution in [1.29, 1.82) is 5.26 Å². The van der Waals surface area contributed by atoms with Gasteiger partial charge in [-0.15, -0.1) is 0 Å². The fraction of sp³-hybridized carbons (Fsp3) is 0.638. The first-order valence-corrected chi connectivity index (χ1v) is 54.4. The van der Waals surface area contributed by atoms with Gasteiger partial charge < -0.3 is 60.0 Å². The maximum absolute atomic E-state index is 13.1. The number of methoxy groups -OCH3 is 3. The summed E-state index contributed by atoms with van der Waals surface area (Å²) in [6, 6.07) is 24.2. The van der Waals surface area contributed by atoms with Crippen LogP contribution in [0.2, 0.25) is 4.47 Å². The molecule has 37 nitrogen and oxygen atoms in total. The number of carbonyl (C=O) groups is 5. The molecule has 0 bridgehead atoms. The molecule has 4 aliphatic heterocycles. The molecule has 4 saturated heterocycles. The number of nitro groups is 2. The molecular formula is C94H142ClF6N17O20S5. The number of halogens is 7. The van der Waals surface area contributed by atoms with Gasteiger partial charge in [0.25, 0.3) is 11.4 Å². The molecule has 4 aromatic carbocycles. The van der Waals surface area contributed by atoms with Gasteiger partial charge in [-0.3, -0.25) is 44.2 Å². The van der Waals surface area contributed by atoms with Gasteiger partial charge in [-0.2, -0.15) is 50.3 Å². The second-order valence-corrected chi connectivity index (χ2v) is 45.1. The number of piperidine rings is 4. The van der Waals surface area contributed by atoms with Crippen LogP contribution in [0.25, 0.3) is 0 Å². The number of nitrogens with one attached hydrogen (secondary N) is 2. The van der Waals surface area contributed by atoms with Crippen LogP contribution in [0.15, 0.2) is 72.8 Å². The number of esters is 4. The molecular weight excluding hydrogens is 2000 g/mol. The summed E-state index contributed by atoms with van der Waals surface area (Å²) in [4.78, 5) is 94.1. The van der Waals surface area contributed by atoms with Gasteiger partial charge in [0.15, 0.2) is 0 Å². The zero-order chi connectivity index (χ0) is 108. The minimum Gasteiger partial charge on any atom is -0.481 e. The normalized spacial score (nSPS) is 15.7. The van der Waals surface area contributed by atoms with Crippen LogP contribution in [0.3, 0.4) is 0 Å². The number of sulfonamides is 3. The fourth-order valence-corrected chi connectivity index (χ4v) is 20.3. The van der Waals surface area contributed by atoms with Crippen molar-refractivity contribution in [1.82, 2.24) is 36.9 Å². The predicted octanol–water partition coefficient (Wildman–Crippen LogP) is 17.5. The monoisotopic (exact) mass is 2140 g/mol. The lowest BCUT2D eigenvalue weighted by Gasteiger charge is -2.40. The molecule has 0 aliphatic carbocycles. The molecule has 0 unspecified atom stereocenters. The highest BCUT2D eigenvalue weighted by molar-refractivity contribution is 7.88. The zero-order valence-corrected chi connectivity index (χ0v) is 90.1. The van der Waals surface area contributed by atoms with Crippen molar-refractivity contribution in [3.05, 3.63) is 131 Å². The topological polar surface area (TPSA) is 479 Å². The number of nitrogens with zero attached hydrogens (tertiary/aromatic N) is 14. The lowest BCUT2D eigenvalue weighted by atomic mass is 9.95. The molecule has 49 heteroatoms. The first-order valence-electron chi connectivity index (χ1n) is 47.0. The van der Waals surface area contributed by atoms with E-state index >= 15 is 0 Å². The van der Waals surface area contributed by atoms with Crippen molar-refractivity contribution in [3.8, 4) is 6.07 Å². The van der Waals surface area contributed by atoms with Gasteiger partial charge in [-0.25, -0.2) is 38.2 Å². The average molecular weight is 2140 g/mol. The molecule has 143 heavy (non-hydrogen) atoms. The Morgan fingerprint density at radius 3 is 1.10 bits per heavy atom. The number of aliphatic carboxylic acids is 1. The Balaban J connectivity index is 0.000000375. The van der Waals surface area contributed by atoms with E-state index in [0.29, 0.717) is 166 Å². The van der Waals surface area contributed by atoms with E-state index in [9.17, 15) is 101 Å². The smallest absolute Gasteiger partial charge is 0.452 e. The number of nitrogen functional groups attached to an aromatic ring is 1. The van der Waals surface area contributed by atoms with Crippen molar-refractivity contribution >= 4 is 145 Å². The number of alkyl halides is 6. The molecule has 2 aromatic heterocycles. The molecule has 4 aliphatic rings. The number of rotatable bonds is 36. The maximum atomic E-state index is 13.1. The number of carboxylic acid groups (broad SMARTS) is 1. The molecule has 4 fully saturated rings. The number of hydrogen-bond donors (Lipinski definition) is 4. The number of carbonyl (C=O) groups excluding carboxylic acids is 4. The third-order valence-electron chi connectivity index (χ3n) is 23.5. The summed E-state index contributed by atoms with van der Waals surface area (Å²) < 4.78 is 175. The molecule has 0 amide bonds. The number of benzene rings is 4. The Hall–Kier alpha value is -10.0. The first kappa shape index (κ1) is 125. The Labute approximate surface area is 849 Å². The summed E-state index contributed by atoms with van der Waals surface area (Å²) in [6.45, 7) is 36.7. The van der Waals surface area contributed by atoms with E-state index in [1.165, 1.54) is 62.6 Å². The highest BCUT2D eigenvalue weighted by atomic mass is 35.5. The summed E-state index contributed by atoms with van der Waals surface area (Å²) in [5, 5.41) is 46.6. The third kappa shape index (κ3) is 42.5. The van der Waals surface area contributed by atoms with E-state index in [1.807, 2.05) is 69.3 Å². The number of anilines is 7. The van der Waals surface area contributed by atoms with Gasteiger partial charge in [-0.1, -0.05) is 107 Å². The van der Waals surface area contributed by atoms with Crippen molar-refractivity contribution < 1.29 is 109 Å². The Bertz CT molecular complexity index is 5480. The van der Waals surface area contributed by atoms with Crippen LogP contribution < -0.4 is 36.0 Å². The first-order chi connectivity index (χ1) is 66.6. The number of nitro benzene ring substituents is 2. The van der Waals surface area contributed by atoms with Crippen molar-refractivity contribution in [2.75, 3.05) is 156 Å². The van der Waals surface area contributed by atoms with E-state index in [0.717, 1.165) is 74.4 Å². The summed E-state index contributed by atoms with van der Waals surface area (Å²) >= 11 is 6.22. The summed E-state index contributed by atoms with van der Waals surface area (Å²) in [5.41, 5.74) is 13.8. The quantitative estimate of drug-likeness (QED) is 0.00708. The molecule has 802 valence electrons. The van der Waals surface area contributed by atoms with Crippen LogP contribution >= 0.6 is 34.7 Å².